The smallest absolute Gasteiger partial charge is 0.307 e. The van der Waals surface area contributed by atoms with Crippen molar-refractivity contribution in [2.24, 2.45) is 5.92 Å². The maximum atomic E-state index is 11.5. The van der Waals surface area contributed by atoms with Gasteiger partial charge in [-0.15, -0.1) is 23.1 Å². The standard InChI is InChI=1S/C17H18O2S2/c18-17(19)14-9-8-13(12-5-2-1-3-6-12)11-15(14)21-16-7-4-10-20-16/h1-7,10,13-15H,8-9,11H2,(H,18,19). The Bertz CT molecular complexity index is 580. The summed E-state index contributed by atoms with van der Waals surface area (Å²) in [6.45, 7) is 0. The van der Waals surface area contributed by atoms with Gasteiger partial charge in [-0.1, -0.05) is 36.4 Å². The van der Waals surface area contributed by atoms with Crippen molar-refractivity contribution >= 4 is 29.1 Å². The van der Waals surface area contributed by atoms with Crippen LogP contribution in [0.5, 0.6) is 0 Å². The molecule has 1 aromatic heterocycles. The zero-order chi connectivity index (χ0) is 14.7. The molecule has 4 heteroatoms. The van der Waals surface area contributed by atoms with Gasteiger partial charge in [-0.3, -0.25) is 4.79 Å². The van der Waals surface area contributed by atoms with Crippen LogP contribution >= 0.6 is 23.1 Å². The molecule has 0 aliphatic heterocycles. The quantitative estimate of drug-likeness (QED) is 0.873. The largest absolute Gasteiger partial charge is 0.481 e. The van der Waals surface area contributed by atoms with Crippen LogP contribution in [0.4, 0.5) is 0 Å². The first-order chi connectivity index (χ1) is 10.2. The second-order valence-corrected chi connectivity index (χ2v) is 7.94. The van der Waals surface area contributed by atoms with Crippen LogP contribution in [0.2, 0.25) is 0 Å². The SMILES string of the molecule is O=C(O)C1CCC(c2ccccc2)CC1Sc1cccs1. The number of aliphatic carboxylic acids is 1. The molecule has 0 saturated heterocycles. The van der Waals surface area contributed by atoms with E-state index in [-0.39, 0.29) is 11.2 Å². The molecule has 1 aliphatic rings. The van der Waals surface area contributed by atoms with Crippen LogP contribution in [0.1, 0.15) is 30.7 Å². The molecule has 1 heterocycles. The molecule has 3 unspecified atom stereocenters. The Morgan fingerprint density at radius 1 is 1.14 bits per heavy atom. The van der Waals surface area contributed by atoms with Crippen molar-refractivity contribution in [2.45, 2.75) is 34.6 Å². The number of thioether (sulfide) groups is 1. The van der Waals surface area contributed by atoms with E-state index in [4.69, 9.17) is 0 Å². The van der Waals surface area contributed by atoms with Crippen molar-refractivity contribution in [3.8, 4) is 0 Å². The van der Waals surface area contributed by atoms with Crippen LogP contribution < -0.4 is 0 Å². The van der Waals surface area contributed by atoms with Crippen LogP contribution in [0.15, 0.2) is 52.1 Å². The van der Waals surface area contributed by atoms with E-state index in [9.17, 15) is 9.90 Å². The number of hydrogen-bond donors (Lipinski definition) is 1. The molecule has 1 saturated carbocycles. The summed E-state index contributed by atoms with van der Waals surface area (Å²) in [5, 5.41) is 11.7. The number of rotatable bonds is 4. The van der Waals surface area contributed by atoms with Gasteiger partial charge < -0.3 is 5.11 Å². The van der Waals surface area contributed by atoms with Gasteiger partial charge in [0, 0.05) is 5.25 Å². The second kappa shape index (κ2) is 6.67. The number of hydrogen-bond acceptors (Lipinski definition) is 3. The number of carboxylic acid groups (broad SMARTS) is 1. The van der Waals surface area contributed by atoms with Crippen LogP contribution in [-0.2, 0) is 4.79 Å². The van der Waals surface area contributed by atoms with Gasteiger partial charge in [0.25, 0.3) is 0 Å². The third kappa shape index (κ3) is 3.50. The average molecular weight is 318 g/mol. The van der Waals surface area contributed by atoms with Crippen molar-refractivity contribution in [3.05, 3.63) is 53.4 Å². The zero-order valence-corrected chi connectivity index (χ0v) is 13.3. The molecule has 1 aliphatic carbocycles. The van der Waals surface area contributed by atoms with Crippen LogP contribution in [0.25, 0.3) is 0 Å². The Hall–Kier alpha value is -1.26. The van der Waals surface area contributed by atoms with Crippen molar-refractivity contribution in [1.82, 2.24) is 0 Å². The summed E-state index contributed by atoms with van der Waals surface area (Å²) in [6, 6.07) is 14.6. The molecule has 2 nitrogen and oxygen atoms in total. The summed E-state index contributed by atoms with van der Waals surface area (Å²) < 4.78 is 1.22. The molecule has 1 fully saturated rings. The molecule has 1 aromatic carbocycles. The molecule has 0 amide bonds. The molecule has 3 rings (SSSR count). The number of carboxylic acids is 1. The highest BCUT2D eigenvalue weighted by Crippen LogP contribution is 2.44. The van der Waals surface area contributed by atoms with E-state index in [0.717, 1.165) is 19.3 Å². The van der Waals surface area contributed by atoms with Gasteiger partial charge in [-0.2, -0.15) is 0 Å². The topological polar surface area (TPSA) is 37.3 Å². The normalized spacial score (nSPS) is 25.6. The van der Waals surface area contributed by atoms with Gasteiger partial charge in [-0.05, 0) is 42.2 Å². The minimum atomic E-state index is -0.643. The van der Waals surface area contributed by atoms with Gasteiger partial charge in [0.2, 0.25) is 0 Å². The van der Waals surface area contributed by atoms with E-state index < -0.39 is 5.97 Å². The van der Waals surface area contributed by atoms with Crippen molar-refractivity contribution in [3.63, 3.8) is 0 Å². The van der Waals surface area contributed by atoms with E-state index in [0.29, 0.717) is 5.92 Å². The maximum absolute atomic E-state index is 11.5. The lowest BCUT2D eigenvalue weighted by atomic mass is 9.78. The average Bonchev–Trinajstić information content (AvgIpc) is 3.01. The molecule has 0 radical (unpaired) electrons. The Kier molecular flexibility index (Phi) is 4.66. The molecule has 0 bridgehead atoms. The molecule has 0 spiro atoms. The van der Waals surface area contributed by atoms with E-state index in [1.165, 1.54) is 9.77 Å². The summed E-state index contributed by atoms with van der Waals surface area (Å²) in [5.74, 6) is -0.383. The Morgan fingerprint density at radius 2 is 1.95 bits per heavy atom. The highest BCUT2D eigenvalue weighted by molar-refractivity contribution is 8.01. The number of benzene rings is 1. The first-order valence-corrected chi connectivity index (χ1v) is 8.98. The van der Waals surface area contributed by atoms with Crippen molar-refractivity contribution in [2.75, 3.05) is 0 Å². The van der Waals surface area contributed by atoms with E-state index in [1.54, 1.807) is 23.1 Å². The van der Waals surface area contributed by atoms with Crippen molar-refractivity contribution < 1.29 is 9.90 Å². The third-order valence-corrected chi connectivity index (χ3v) is 6.57. The predicted molar refractivity (Wildman–Crippen MR) is 88.1 cm³/mol. The maximum Gasteiger partial charge on any atom is 0.307 e. The van der Waals surface area contributed by atoms with E-state index in [2.05, 4.69) is 35.7 Å². The highest BCUT2D eigenvalue weighted by Gasteiger charge is 2.36. The fourth-order valence-corrected chi connectivity index (χ4v) is 5.46. The monoisotopic (exact) mass is 318 g/mol. The van der Waals surface area contributed by atoms with Gasteiger partial charge in [-0.25, -0.2) is 0 Å². The lowest BCUT2D eigenvalue weighted by molar-refractivity contribution is -0.142. The van der Waals surface area contributed by atoms with E-state index in [1.807, 2.05) is 12.1 Å². The number of carbonyl (C=O) groups is 1. The third-order valence-electron chi connectivity index (χ3n) is 4.14. The summed E-state index contributed by atoms with van der Waals surface area (Å²) in [5.41, 5.74) is 1.35. The lowest BCUT2D eigenvalue weighted by Crippen LogP contribution is -2.32. The summed E-state index contributed by atoms with van der Waals surface area (Å²) in [7, 11) is 0. The highest BCUT2D eigenvalue weighted by atomic mass is 32.2. The number of thiophene rings is 1. The van der Waals surface area contributed by atoms with Crippen LogP contribution in [0.3, 0.4) is 0 Å². The summed E-state index contributed by atoms with van der Waals surface area (Å²) >= 11 is 3.44. The Morgan fingerprint density at radius 3 is 2.62 bits per heavy atom. The lowest BCUT2D eigenvalue weighted by Gasteiger charge is -2.33. The molecule has 110 valence electrons. The summed E-state index contributed by atoms with van der Waals surface area (Å²) in [6.07, 6.45) is 2.70. The van der Waals surface area contributed by atoms with Gasteiger partial charge in [0.1, 0.15) is 0 Å². The first kappa shape index (κ1) is 14.7. The fraction of sp³-hybridized carbons (Fsp3) is 0.353. The molecular formula is C17H18O2S2. The minimum absolute atomic E-state index is 0.167. The van der Waals surface area contributed by atoms with Crippen molar-refractivity contribution in [1.29, 1.82) is 0 Å². The van der Waals surface area contributed by atoms with Gasteiger partial charge in [0.05, 0.1) is 10.1 Å². The molecule has 2 aromatic rings. The Labute approximate surface area is 133 Å². The fourth-order valence-electron chi connectivity index (χ4n) is 3.05. The van der Waals surface area contributed by atoms with Crippen LogP contribution in [-0.4, -0.2) is 16.3 Å². The van der Waals surface area contributed by atoms with Crippen LogP contribution in [0, 0.1) is 5.92 Å². The first-order valence-electron chi connectivity index (χ1n) is 7.22. The second-order valence-electron chi connectivity index (χ2n) is 5.45. The minimum Gasteiger partial charge on any atom is -0.481 e. The molecule has 1 N–H and O–H groups in total. The Balaban J connectivity index is 1.77. The summed E-state index contributed by atoms with van der Waals surface area (Å²) in [4.78, 5) is 11.5. The van der Waals surface area contributed by atoms with E-state index >= 15 is 0 Å². The van der Waals surface area contributed by atoms with Gasteiger partial charge >= 0.3 is 5.97 Å². The molecular weight excluding hydrogens is 300 g/mol. The zero-order valence-electron chi connectivity index (χ0n) is 11.6. The molecule has 21 heavy (non-hydrogen) atoms. The van der Waals surface area contributed by atoms with Gasteiger partial charge in [0.15, 0.2) is 0 Å². The molecule has 3 atom stereocenters. The predicted octanol–water partition coefficient (Wildman–Crippen LogP) is 4.88.